The van der Waals surface area contributed by atoms with Gasteiger partial charge in [-0.2, -0.15) is 0 Å². The molecule has 0 radical (unpaired) electrons. The Labute approximate surface area is 298 Å². The molecule has 0 rings (SSSR count). The predicted molar refractivity (Wildman–Crippen MR) is 201 cm³/mol. The van der Waals surface area contributed by atoms with E-state index in [1.165, 1.54) is 44.9 Å². The minimum absolute atomic E-state index is 0.0489. The van der Waals surface area contributed by atoms with E-state index in [1.807, 2.05) is 0 Å². The lowest BCUT2D eigenvalue weighted by Crippen LogP contribution is -2.29. The standard InChI is InChI=1S/C39H70NO8P/c1-3-5-7-9-11-13-15-16-17-18-19-20-22-23-25-27-29-31-38(41)45-35-37(36-47-49(43,44)46-34-33-40)48-39(42)32-30-28-26-24-21-14-12-10-8-6-4-2/h5,7,11,13,16-17,19-20,37H,3-4,6,8-10,12,14-15,18,21-36,40H2,1-2H3,(H,43,44). The van der Waals surface area contributed by atoms with Gasteiger partial charge in [-0.05, 0) is 51.4 Å². The largest absolute Gasteiger partial charge is 0.472 e. The minimum atomic E-state index is -4.37. The monoisotopic (exact) mass is 711 g/mol. The summed E-state index contributed by atoms with van der Waals surface area (Å²) in [5.74, 6) is -0.860. The van der Waals surface area contributed by atoms with Crippen LogP contribution in [0.15, 0.2) is 48.6 Å². The van der Waals surface area contributed by atoms with Crippen molar-refractivity contribution in [3.05, 3.63) is 48.6 Å². The molecule has 0 saturated heterocycles. The zero-order valence-corrected chi connectivity index (χ0v) is 31.8. The summed E-state index contributed by atoms with van der Waals surface area (Å²) in [6.45, 7) is 3.56. The number of hydrogen-bond donors (Lipinski definition) is 2. The number of phosphoric ester groups is 1. The van der Waals surface area contributed by atoms with Crippen molar-refractivity contribution in [3.8, 4) is 0 Å². The van der Waals surface area contributed by atoms with Crippen LogP contribution in [0.25, 0.3) is 0 Å². The van der Waals surface area contributed by atoms with E-state index >= 15 is 0 Å². The highest BCUT2D eigenvalue weighted by molar-refractivity contribution is 7.47. The van der Waals surface area contributed by atoms with Gasteiger partial charge in [0.15, 0.2) is 6.10 Å². The topological polar surface area (TPSA) is 134 Å². The summed E-state index contributed by atoms with van der Waals surface area (Å²) in [6.07, 6.45) is 38.5. The molecule has 2 unspecified atom stereocenters. The Bertz CT molecular complexity index is 949. The van der Waals surface area contributed by atoms with E-state index in [1.54, 1.807) is 0 Å². The molecule has 49 heavy (non-hydrogen) atoms. The maximum Gasteiger partial charge on any atom is 0.472 e. The number of esters is 2. The third-order valence-electron chi connectivity index (χ3n) is 7.73. The molecular formula is C39H70NO8P. The van der Waals surface area contributed by atoms with Crippen LogP contribution in [-0.4, -0.2) is 49.3 Å². The normalized spacial score (nSPS) is 14.0. The lowest BCUT2D eigenvalue weighted by atomic mass is 10.1. The van der Waals surface area contributed by atoms with E-state index in [-0.39, 0.29) is 32.6 Å². The zero-order valence-electron chi connectivity index (χ0n) is 30.9. The van der Waals surface area contributed by atoms with Crippen LogP contribution in [-0.2, 0) is 32.7 Å². The van der Waals surface area contributed by atoms with Crippen molar-refractivity contribution in [2.75, 3.05) is 26.4 Å². The lowest BCUT2D eigenvalue weighted by molar-refractivity contribution is -0.161. The first-order chi connectivity index (χ1) is 23.8. The predicted octanol–water partition coefficient (Wildman–Crippen LogP) is 10.4. The molecule has 0 aliphatic rings. The van der Waals surface area contributed by atoms with Crippen molar-refractivity contribution in [3.63, 3.8) is 0 Å². The van der Waals surface area contributed by atoms with Gasteiger partial charge in [0, 0.05) is 19.4 Å². The van der Waals surface area contributed by atoms with Gasteiger partial charge in [-0.3, -0.25) is 18.6 Å². The van der Waals surface area contributed by atoms with Crippen LogP contribution in [0.2, 0.25) is 0 Å². The average molecular weight is 712 g/mol. The fourth-order valence-corrected chi connectivity index (χ4v) is 5.68. The summed E-state index contributed by atoms with van der Waals surface area (Å²) in [6, 6.07) is 0. The number of rotatable bonds is 35. The molecule has 0 bridgehead atoms. The quantitative estimate of drug-likeness (QED) is 0.0285. The van der Waals surface area contributed by atoms with Crippen LogP contribution in [0.3, 0.4) is 0 Å². The smallest absolute Gasteiger partial charge is 0.462 e. The molecule has 0 aliphatic carbocycles. The molecule has 0 amide bonds. The number of ether oxygens (including phenoxy) is 2. The number of nitrogens with two attached hydrogens (primary N) is 1. The molecular weight excluding hydrogens is 641 g/mol. The van der Waals surface area contributed by atoms with Crippen molar-refractivity contribution in [1.82, 2.24) is 0 Å². The van der Waals surface area contributed by atoms with E-state index in [2.05, 4.69) is 62.5 Å². The second-order valence-corrected chi connectivity index (χ2v) is 13.9. The van der Waals surface area contributed by atoms with Crippen LogP contribution in [0.5, 0.6) is 0 Å². The third-order valence-corrected chi connectivity index (χ3v) is 8.71. The lowest BCUT2D eigenvalue weighted by Gasteiger charge is -2.19. The van der Waals surface area contributed by atoms with Gasteiger partial charge in [-0.1, -0.05) is 140 Å². The van der Waals surface area contributed by atoms with Gasteiger partial charge in [0.05, 0.1) is 13.2 Å². The summed E-state index contributed by atoms with van der Waals surface area (Å²) in [7, 11) is -4.37. The fraction of sp³-hybridized carbons (Fsp3) is 0.744. The first-order valence-electron chi connectivity index (χ1n) is 19.1. The summed E-state index contributed by atoms with van der Waals surface area (Å²) in [5.41, 5.74) is 5.33. The third kappa shape index (κ3) is 35.6. The second kappa shape index (κ2) is 35.8. The Hall–Kier alpha value is -2.03. The molecule has 0 heterocycles. The van der Waals surface area contributed by atoms with Crippen molar-refractivity contribution in [2.24, 2.45) is 5.73 Å². The molecule has 2 atom stereocenters. The highest BCUT2D eigenvalue weighted by Crippen LogP contribution is 2.43. The van der Waals surface area contributed by atoms with Crippen molar-refractivity contribution in [2.45, 2.75) is 161 Å². The number of unbranched alkanes of at least 4 members (excludes halogenated alkanes) is 14. The molecule has 0 saturated carbocycles. The van der Waals surface area contributed by atoms with Crippen LogP contribution in [0.1, 0.15) is 155 Å². The summed E-state index contributed by atoms with van der Waals surface area (Å²) in [5, 5.41) is 0. The molecule has 0 aromatic carbocycles. The SMILES string of the molecule is CCC=CCC=CCC=CCC=CCCCCCCC(=O)OCC(COP(=O)(O)OCCN)OC(=O)CCCCCCCCCCCCC. The Morgan fingerprint density at radius 2 is 1.12 bits per heavy atom. The molecule has 0 aromatic heterocycles. The molecule has 10 heteroatoms. The number of carbonyl (C=O) groups excluding carboxylic acids is 2. The van der Waals surface area contributed by atoms with Gasteiger partial charge in [0.2, 0.25) is 0 Å². The molecule has 0 aliphatic heterocycles. The Kier molecular flexibility index (Phi) is 34.3. The molecule has 9 nitrogen and oxygen atoms in total. The van der Waals surface area contributed by atoms with Gasteiger partial charge in [-0.15, -0.1) is 0 Å². The van der Waals surface area contributed by atoms with Gasteiger partial charge >= 0.3 is 19.8 Å². The Morgan fingerprint density at radius 1 is 0.633 bits per heavy atom. The highest BCUT2D eigenvalue weighted by atomic mass is 31.2. The number of phosphoric acid groups is 1. The summed E-state index contributed by atoms with van der Waals surface area (Å²) < 4.78 is 32.6. The van der Waals surface area contributed by atoms with Crippen molar-refractivity contribution in [1.29, 1.82) is 0 Å². The van der Waals surface area contributed by atoms with Gasteiger partial charge in [0.1, 0.15) is 6.61 Å². The zero-order chi connectivity index (χ0) is 36.1. The number of carbonyl (C=O) groups is 2. The molecule has 3 N–H and O–H groups in total. The van der Waals surface area contributed by atoms with Crippen molar-refractivity contribution < 1.29 is 37.6 Å². The van der Waals surface area contributed by atoms with Crippen molar-refractivity contribution >= 4 is 19.8 Å². The average Bonchev–Trinajstić information content (AvgIpc) is 3.08. The van der Waals surface area contributed by atoms with E-state index in [9.17, 15) is 19.0 Å². The van der Waals surface area contributed by atoms with E-state index in [0.717, 1.165) is 70.6 Å². The van der Waals surface area contributed by atoms with Gasteiger partial charge in [-0.25, -0.2) is 4.57 Å². The first kappa shape index (κ1) is 47.0. The van der Waals surface area contributed by atoms with Crippen LogP contribution < -0.4 is 5.73 Å². The van der Waals surface area contributed by atoms with Gasteiger partial charge < -0.3 is 20.1 Å². The van der Waals surface area contributed by atoms with Crippen LogP contribution in [0, 0.1) is 0 Å². The highest BCUT2D eigenvalue weighted by Gasteiger charge is 2.25. The molecule has 0 aromatic rings. The number of allylic oxidation sites excluding steroid dienone is 8. The van der Waals surface area contributed by atoms with E-state index < -0.39 is 32.5 Å². The summed E-state index contributed by atoms with van der Waals surface area (Å²) in [4.78, 5) is 34.7. The fourth-order valence-electron chi connectivity index (χ4n) is 4.92. The van der Waals surface area contributed by atoms with Gasteiger partial charge in [0.25, 0.3) is 0 Å². The van der Waals surface area contributed by atoms with Crippen LogP contribution >= 0.6 is 7.82 Å². The van der Waals surface area contributed by atoms with Crippen LogP contribution in [0.4, 0.5) is 0 Å². The first-order valence-corrected chi connectivity index (χ1v) is 20.6. The van der Waals surface area contributed by atoms with E-state index in [4.69, 9.17) is 24.3 Å². The summed E-state index contributed by atoms with van der Waals surface area (Å²) >= 11 is 0. The Balaban J connectivity index is 4.25. The second-order valence-electron chi connectivity index (χ2n) is 12.4. The van der Waals surface area contributed by atoms with E-state index in [0.29, 0.717) is 12.8 Å². The molecule has 0 fully saturated rings. The Morgan fingerprint density at radius 3 is 1.67 bits per heavy atom. The molecule has 284 valence electrons. The maximum absolute atomic E-state index is 12.5. The molecule has 0 spiro atoms. The number of hydrogen-bond acceptors (Lipinski definition) is 8. The minimum Gasteiger partial charge on any atom is -0.462 e. The maximum atomic E-state index is 12.5.